The fourth-order valence-electron chi connectivity index (χ4n) is 1.99. The first kappa shape index (κ1) is 12.7. The lowest BCUT2D eigenvalue weighted by atomic mass is 10.0. The smallest absolute Gasteiger partial charge is 0.239 e. The van der Waals surface area contributed by atoms with Crippen LogP contribution in [0.2, 0.25) is 10.0 Å². The maximum atomic E-state index is 11.8. The molecule has 0 unspecified atom stereocenters. The number of halogens is 2. The van der Waals surface area contributed by atoms with Gasteiger partial charge in [-0.25, -0.2) is 0 Å². The Bertz CT molecular complexity index is 437. The molecule has 0 radical (unpaired) electrons. The first-order valence-electron chi connectivity index (χ1n) is 5.56. The lowest BCUT2D eigenvalue weighted by molar-refractivity contribution is -0.135. The maximum absolute atomic E-state index is 11.8. The molecule has 1 saturated heterocycles. The third-order valence-corrected chi connectivity index (χ3v) is 3.67. The number of nitrogens with two attached hydrogens (primary N) is 1. The van der Waals surface area contributed by atoms with Crippen LogP contribution in [0.15, 0.2) is 18.2 Å². The molecule has 1 fully saturated rings. The van der Waals surface area contributed by atoms with Crippen LogP contribution in [0.5, 0.6) is 0 Å². The van der Waals surface area contributed by atoms with E-state index in [2.05, 4.69) is 0 Å². The fraction of sp³-hybridized carbons (Fsp3) is 0.417. The molecule has 92 valence electrons. The van der Waals surface area contributed by atoms with Gasteiger partial charge >= 0.3 is 0 Å². The van der Waals surface area contributed by atoms with Crippen molar-refractivity contribution < 1.29 is 4.79 Å². The Morgan fingerprint density at radius 1 is 1.35 bits per heavy atom. The average molecular weight is 273 g/mol. The molecule has 0 bridgehead atoms. The van der Waals surface area contributed by atoms with Crippen LogP contribution < -0.4 is 5.73 Å². The van der Waals surface area contributed by atoms with Crippen molar-refractivity contribution >= 4 is 29.1 Å². The SMILES string of the molecule is N[C@@H]1CCCN(Cc2ccc(Cl)c(Cl)c2)C1=O. The van der Waals surface area contributed by atoms with E-state index < -0.39 is 0 Å². The Hall–Kier alpha value is -0.770. The van der Waals surface area contributed by atoms with Crippen molar-refractivity contribution in [1.82, 2.24) is 4.90 Å². The maximum Gasteiger partial charge on any atom is 0.239 e. The van der Waals surface area contributed by atoms with Crippen molar-refractivity contribution in [3.05, 3.63) is 33.8 Å². The van der Waals surface area contributed by atoms with Gasteiger partial charge in [0.15, 0.2) is 0 Å². The highest BCUT2D eigenvalue weighted by atomic mass is 35.5. The number of hydrogen-bond acceptors (Lipinski definition) is 2. The largest absolute Gasteiger partial charge is 0.337 e. The number of carbonyl (C=O) groups excluding carboxylic acids is 1. The van der Waals surface area contributed by atoms with E-state index in [4.69, 9.17) is 28.9 Å². The number of hydrogen-bond donors (Lipinski definition) is 1. The van der Waals surface area contributed by atoms with Crippen LogP contribution in [0.1, 0.15) is 18.4 Å². The summed E-state index contributed by atoms with van der Waals surface area (Å²) in [7, 11) is 0. The molecule has 1 aliphatic rings. The summed E-state index contributed by atoms with van der Waals surface area (Å²) in [5.41, 5.74) is 6.71. The van der Waals surface area contributed by atoms with E-state index in [1.54, 1.807) is 17.0 Å². The second-order valence-electron chi connectivity index (χ2n) is 4.26. The van der Waals surface area contributed by atoms with Crippen LogP contribution in [0, 0.1) is 0 Å². The second kappa shape index (κ2) is 5.25. The van der Waals surface area contributed by atoms with E-state index in [9.17, 15) is 4.79 Å². The molecule has 5 heteroatoms. The zero-order valence-corrected chi connectivity index (χ0v) is 10.8. The lowest BCUT2D eigenvalue weighted by Gasteiger charge is -2.30. The molecule has 0 aromatic heterocycles. The topological polar surface area (TPSA) is 46.3 Å². The first-order chi connectivity index (χ1) is 8.08. The van der Waals surface area contributed by atoms with Crippen molar-refractivity contribution in [1.29, 1.82) is 0 Å². The van der Waals surface area contributed by atoms with Crippen LogP contribution in [0.25, 0.3) is 0 Å². The normalized spacial score (nSPS) is 20.8. The number of likely N-dealkylation sites (tertiary alicyclic amines) is 1. The molecule has 0 aliphatic carbocycles. The summed E-state index contributed by atoms with van der Waals surface area (Å²) in [6, 6.07) is 5.05. The summed E-state index contributed by atoms with van der Waals surface area (Å²) in [6.07, 6.45) is 1.73. The Balaban J connectivity index is 2.09. The van der Waals surface area contributed by atoms with Gasteiger partial charge in [-0.1, -0.05) is 29.3 Å². The Morgan fingerprint density at radius 2 is 2.12 bits per heavy atom. The first-order valence-corrected chi connectivity index (χ1v) is 6.32. The van der Waals surface area contributed by atoms with Gasteiger partial charge in [0, 0.05) is 13.1 Å². The molecule has 1 aromatic rings. The Morgan fingerprint density at radius 3 is 2.82 bits per heavy atom. The van der Waals surface area contributed by atoms with E-state index in [0.29, 0.717) is 16.6 Å². The molecule has 2 rings (SSSR count). The summed E-state index contributed by atoms with van der Waals surface area (Å²) in [6.45, 7) is 1.30. The van der Waals surface area contributed by atoms with Crippen molar-refractivity contribution in [2.75, 3.05) is 6.54 Å². The van der Waals surface area contributed by atoms with Crippen molar-refractivity contribution in [2.24, 2.45) is 5.73 Å². The van der Waals surface area contributed by atoms with Crippen molar-refractivity contribution in [3.8, 4) is 0 Å². The monoisotopic (exact) mass is 272 g/mol. The lowest BCUT2D eigenvalue weighted by Crippen LogP contribution is -2.47. The van der Waals surface area contributed by atoms with Crippen LogP contribution in [-0.2, 0) is 11.3 Å². The minimum Gasteiger partial charge on any atom is -0.337 e. The standard InChI is InChI=1S/C12H14Cl2N2O/c13-9-4-3-8(6-10(9)14)7-16-5-1-2-11(15)12(16)17/h3-4,6,11H,1-2,5,7,15H2/t11-/m1/s1. The molecule has 17 heavy (non-hydrogen) atoms. The molecular formula is C12H14Cl2N2O. The number of piperidine rings is 1. The predicted octanol–water partition coefficient (Wildman–Crippen LogP) is 2.44. The summed E-state index contributed by atoms with van der Waals surface area (Å²) < 4.78 is 0. The molecule has 0 spiro atoms. The van der Waals surface area contributed by atoms with Gasteiger partial charge in [-0.3, -0.25) is 4.79 Å². The molecular weight excluding hydrogens is 259 g/mol. The third kappa shape index (κ3) is 2.92. The van der Waals surface area contributed by atoms with Crippen molar-refractivity contribution in [3.63, 3.8) is 0 Å². The van der Waals surface area contributed by atoms with Gasteiger partial charge in [-0.2, -0.15) is 0 Å². The van der Waals surface area contributed by atoms with E-state index >= 15 is 0 Å². The van der Waals surface area contributed by atoms with Gasteiger partial charge in [0.2, 0.25) is 5.91 Å². The van der Waals surface area contributed by atoms with E-state index in [1.165, 1.54) is 0 Å². The molecule has 1 amide bonds. The van der Waals surface area contributed by atoms with E-state index in [0.717, 1.165) is 24.9 Å². The number of nitrogens with zero attached hydrogens (tertiary/aromatic N) is 1. The van der Waals surface area contributed by atoms with E-state index in [1.807, 2.05) is 6.07 Å². The minimum atomic E-state index is -0.355. The predicted molar refractivity (Wildman–Crippen MR) is 69.1 cm³/mol. The van der Waals surface area contributed by atoms with Crippen LogP contribution in [-0.4, -0.2) is 23.4 Å². The Labute approximate surface area is 110 Å². The fourth-order valence-corrected chi connectivity index (χ4v) is 2.31. The van der Waals surface area contributed by atoms with Gasteiger partial charge in [0.1, 0.15) is 0 Å². The molecule has 1 heterocycles. The summed E-state index contributed by atoms with van der Waals surface area (Å²) in [5, 5.41) is 1.04. The number of rotatable bonds is 2. The van der Waals surface area contributed by atoms with Gasteiger partial charge < -0.3 is 10.6 Å². The van der Waals surface area contributed by atoms with E-state index in [-0.39, 0.29) is 11.9 Å². The molecule has 3 nitrogen and oxygen atoms in total. The summed E-state index contributed by atoms with van der Waals surface area (Å²) in [5.74, 6) is 0.0160. The number of benzene rings is 1. The quantitative estimate of drug-likeness (QED) is 0.899. The Kier molecular flexibility index (Phi) is 3.92. The van der Waals surface area contributed by atoms with Gasteiger partial charge in [-0.05, 0) is 30.5 Å². The molecule has 1 aromatic carbocycles. The van der Waals surface area contributed by atoms with Gasteiger partial charge in [0.25, 0.3) is 0 Å². The van der Waals surface area contributed by atoms with Gasteiger partial charge in [-0.15, -0.1) is 0 Å². The van der Waals surface area contributed by atoms with Crippen LogP contribution in [0.4, 0.5) is 0 Å². The van der Waals surface area contributed by atoms with Gasteiger partial charge in [0.05, 0.1) is 16.1 Å². The number of carbonyl (C=O) groups is 1. The highest BCUT2D eigenvalue weighted by molar-refractivity contribution is 6.42. The molecule has 1 aliphatic heterocycles. The molecule has 0 saturated carbocycles. The molecule has 1 atom stereocenters. The van der Waals surface area contributed by atoms with Crippen molar-refractivity contribution in [2.45, 2.75) is 25.4 Å². The zero-order valence-electron chi connectivity index (χ0n) is 9.33. The highest BCUT2D eigenvalue weighted by Crippen LogP contribution is 2.24. The molecule has 2 N–H and O–H groups in total. The number of amides is 1. The minimum absolute atomic E-state index is 0.0160. The second-order valence-corrected chi connectivity index (χ2v) is 5.07. The summed E-state index contributed by atoms with van der Waals surface area (Å²) >= 11 is 11.8. The highest BCUT2D eigenvalue weighted by Gasteiger charge is 2.25. The van der Waals surface area contributed by atoms with Crippen LogP contribution in [0.3, 0.4) is 0 Å². The third-order valence-electron chi connectivity index (χ3n) is 2.93. The zero-order chi connectivity index (χ0) is 12.4. The van der Waals surface area contributed by atoms with Crippen LogP contribution >= 0.6 is 23.2 Å². The average Bonchev–Trinajstić information content (AvgIpc) is 2.30. The summed E-state index contributed by atoms with van der Waals surface area (Å²) in [4.78, 5) is 13.6.